The van der Waals surface area contributed by atoms with Crippen LogP contribution < -0.4 is 4.74 Å². The molecule has 1 unspecified atom stereocenters. The number of nitrogens with zero attached hydrogens (tertiary/aromatic N) is 3. The van der Waals surface area contributed by atoms with E-state index in [0.717, 1.165) is 31.1 Å². The number of hydrogen-bond acceptors (Lipinski definition) is 5. The highest BCUT2D eigenvalue weighted by Gasteiger charge is 2.10. The van der Waals surface area contributed by atoms with Crippen molar-refractivity contribution in [2.24, 2.45) is 0 Å². The number of aromatic nitrogens is 1. The second-order valence-electron chi connectivity index (χ2n) is 7.78. The van der Waals surface area contributed by atoms with Gasteiger partial charge in [0.2, 0.25) is 0 Å². The summed E-state index contributed by atoms with van der Waals surface area (Å²) in [6.45, 7) is 3.29. The van der Waals surface area contributed by atoms with Crippen molar-refractivity contribution in [3.8, 4) is 5.75 Å². The van der Waals surface area contributed by atoms with E-state index in [9.17, 15) is 5.11 Å². The summed E-state index contributed by atoms with van der Waals surface area (Å²) in [5.41, 5.74) is 3.51. The lowest BCUT2D eigenvalue weighted by molar-refractivity contribution is 0.0744. The van der Waals surface area contributed by atoms with Gasteiger partial charge in [-0.25, -0.2) is 0 Å². The first kappa shape index (κ1) is 22.0. The van der Waals surface area contributed by atoms with E-state index in [1.54, 1.807) is 0 Å². The van der Waals surface area contributed by atoms with Gasteiger partial charge in [0.25, 0.3) is 0 Å². The minimum Gasteiger partial charge on any atom is -0.491 e. The SMILES string of the molecule is CN(Cc1ccc(OCC(O)CN(C)Cc2ccccc2)cc1)Cc1ccccn1. The van der Waals surface area contributed by atoms with Crippen molar-refractivity contribution in [3.63, 3.8) is 0 Å². The highest BCUT2D eigenvalue weighted by Crippen LogP contribution is 2.15. The first-order chi connectivity index (χ1) is 14.6. The van der Waals surface area contributed by atoms with E-state index in [1.165, 1.54) is 11.1 Å². The molecule has 0 saturated carbocycles. The third-order valence-electron chi connectivity index (χ3n) is 4.79. The summed E-state index contributed by atoms with van der Waals surface area (Å²) in [6, 6.07) is 24.3. The van der Waals surface area contributed by atoms with Gasteiger partial charge in [0, 0.05) is 32.4 Å². The van der Waals surface area contributed by atoms with Crippen molar-refractivity contribution in [1.29, 1.82) is 0 Å². The van der Waals surface area contributed by atoms with Gasteiger partial charge >= 0.3 is 0 Å². The number of aliphatic hydroxyl groups is 1. The van der Waals surface area contributed by atoms with Gasteiger partial charge in [-0.15, -0.1) is 0 Å². The Kier molecular flexibility index (Phi) is 8.39. The zero-order valence-corrected chi connectivity index (χ0v) is 17.8. The van der Waals surface area contributed by atoms with Gasteiger partial charge < -0.3 is 9.84 Å². The molecule has 3 aromatic rings. The van der Waals surface area contributed by atoms with Gasteiger partial charge in [-0.1, -0.05) is 48.5 Å². The Hall–Kier alpha value is -2.73. The fraction of sp³-hybridized carbons (Fsp3) is 0.320. The Balaban J connectivity index is 1.39. The van der Waals surface area contributed by atoms with Crippen LogP contribution in [-0.4, -0.2) is 53.2 Å². The predicted octanol–water partition coefficient (Wildman–Crippen LogP) is 3.59. The maximum atomic E-state index is 10.3. The summed E-state index contributed by atoms with van der Waals surface area (Å²) in [5.74, 6) is 0.774. The molecular weight excluding hydrogens is 374 g/mol. The third kappa shape index (κ3) is 7.59. The molecule has 1 aromatic heterocycles. The normalized spacial score (nSPS) is 12.3. The lowest BCUT2D eigenvalue weighted by Crippen LogP contribution is -2.32. The van der Waals surface area contributed by atoms with Gasteiger partial charge in [0.05, 0.1) is 5.69 Å². The van der Waals surface area contributed by atoms with Crippen LogP contribution in [0.4, 0.5) is 0 Å². The standard InChI is InChI=1S/C25H31N3O2/c1-27(18-23-10-6-7-15-26-23)17-22-11-13-25(14-12-22)30-20-24(29)19-28(2)16-21-8-4-3-5-9-21/h3-15,24,29H,16-20H2,1-2H3. The molecule has 0 saturated heterocycles. The van der Waals surface area contributed by atoms with Crippen LogP contribution in [0.5, 0.6) is 5.75 Å². The van der Waals surface area contributed by atoms with Gasteiger partial charge in [0.15, 0.2) is 0 Å². The van der Waals surface area contributed by atoms with Crippen molar-refractivity contribution in [3.05, 3.63) is 95.8 Å². The van der Waals surface area contributed by atoms with E-state index < -0.39 is 6.10 Å². The van der Waals surface area contributed by atoms with Crippen LogP contribution in [0.2, 0.25) is 0 Å². The van der Waals surface area contributed by atoms with Gasteiger partial charge in [-0.3, -0.25) is 14.8 Å². The lowest BCUT2D eigenvalue weighted by Gasteiger charge is -2.21. The van der Waals surface area contributed by atoms with Crippen molar-refractivity contribution in [1.82, 2.24) is 14.8 Å². The van der Waals surface area contributed by atoms with Crippen LogP contribution in [0.25, 0.3) is 0 Å². The second kappa shape index (κ2) is 11.5. The van der Waals surface area contributed by atoms with Gasteiger partial charge in [-0.2, -0.15) is 0 Å². The minimum absolute atomic E-state index is 0.276. The highest BCUT2D eigenvalue weighted by molar-refractivity contribution is 5.27. The van der Waals surface area contributed by atoms with Crippen LogP contribution in [-0.2, 0) is 19.6 Å². The zero-order chi connectivity index (χ0) is 21.2. The summed E-state index contributed by atoms with van der Waals surface area (Å²) in [4.78, 5) is 8.70. The summed E-state index contributed by atoms with van der Waals surface area (Å²) in [6.07, 6.45) is 1.28. The topological polar surface area (TPSA) is 48.8 Å². The Morgan fingerprint density at radius 1 is 0.800 bits per heavy atom. The Morgan fingerprint density at radius 2 is 1.47 bits per heavy atom. The number of rotatable bonds is 11. The molecule has 5 nitrogen and oxygen atoms in total. The molecule has 0 spiro atoms. The fourth-order valence-corrected chi connectivity index (χ4v) is 3.39. The fourth-order valence-electron chi connectivity index (χ4n) is 3.39. The first-order valence-electron chi connectivity index (χ1n) is 10.3. The number of likely N-dealkylation sites (N-methyl/N-ethyl adjacent to an activating group) is 1. The van der Waals surface area contributed by atoms with Crippen molar-refractivity contribution in [2.45, 2.75) is 25.7 Å². The Morgan fingerprint density at radius 3 is 2.17 bits per heavy atom. The molecule has 1 atom stereocenters. The molecule has 30 heavy (non-hydrogen) atoms. The first-order valence-corrected chi connectivity index (χ1v) is 10.3. The van der Waals surface area contributed by atoms with E-state index >= 15 is 0 Å². The molecule has 1 N–H and O–H groups in total. The van der Waals surface area contributed by atoms with E-state index in [2.05, 4.69) is 46.1 Å². The summed E-state index contributed by atoms with van der Waals surface area (Å²) in [7, 11) is 4.09. The molecule has 5 heteroatoms. The van der Waals surface area contributed by atoms with E-state index in [4.69, 9.17) is 4.74 Å². The molecular formula is C25H31N3O2. The van der Waals surface area contributed by atoms with Gasteiger partial charge in [-0.05, 0) is 49.5 Å². The third-order valence-corrected chi connectivity index (χ3v) is 4.79. The van der Waals surface area contributed by atoms with E-state index in [0.29, 0.717) is 6.54 Å². The Labute approximate surface area is 179 Å². The van der Waals surface area contributed by atoms with Crippen LogP contribution in [0.1, 0.15) is 16.8 Å². The average molecular weight is 406 g/mol. The van der Waals surface area contributed by atoms with Crippen LogP contribution in [0.3, 0.4) is 0 Å². The molecule has 0 aliphatic heterocycles. The Bertz CT molecular complexity index is 857. The van der Waals surface area contributed by atoms with E-state index in [-0.39, 0.29) is 6.61 Å². The second-order valence-corrected chi connectivity index (χ2v) is 7.78. The molecule has 158 valence electrons. The maximum absolute atomic E-state index is 10.3. The summed E-state index contributed by atoms with van der Waals surface area (Å²) in [5, 5.41) is 10.3. The largest absolute Gasteiger partial charge is 0.491 e. The molecule has 1 heterocycles. The quantitative estimate of drug-likeness (QED) is 0.528. The maximum Gasteiger partial charge on any atom is 0.119 e. The minimum atomic E-state index is -0.539. The molecule has 0 aliphatic rings. The number of hydrogen-bond donors (Lipinski definition) is 1. The predicted molar refractivity (Wildman–Crippen MR) is 120 cm³/mol. The smallest absolute Gasteiger partial charge is 0.119 e. The zero-order valence-electron chi connectivity index (χ0n) is 17.8. The molecule has 2 aromatic carbocycles. The highest BCUT2D eigenvalue weighted by atomic mass is 16.5. The molecule has 0 bridgehead atoms. The lowest BCUT2D eigenvalue weighted by atomic mass is 10.2. The molecule has 0 radical (unpaired) electrons. The molecule has 0 aliphatic carbocycles. The number of aliphatic hydroxyl groups excluding tert-OH is 1. The van der Waals surface area contributed by atoms with Crippen molar-refractivity contribution < 1.29 is 9.84 Å². The number of ether oxygens (including phenoxy) is 1. The van der Waals surface area contributed by atoms with Crippen LogP contribution >= 0.6 is 0 Å². The monoisotopic (exact) mass is 405 g/mol. The average Bonchev–Trinajstić information content (AvgIpc) is 2.74. The number of pyridine rings is 1. The summed E-state index contributed by atoms with van der Waals surface area (Å²) >= 11 is 0. The van der Waals surface area contributed by atoms with Crippen molar-refractivity contribution in [2.75, 3.05) is 27.2 Å². The molecule has 0 fully saturated rings. The summed E-state index contributed by atoms with van der Waals surface area (Å²) < 4.78 is 5.77. The van der Waals surface area contributed by atoms with Gasteiger partial charge in [0.1, 0.15) is 18.5 Å². The number of benzene rings is 2. The molecule has 3 rings (SSSR count). The van der Waals surface area contributed by atoms with Crippen LogP contribution in [0.15, 0.2) is 79.0 Å². The molecule has 0 amide bonds. The van der Waals surface area contributed by atoms with E-state index in [1.807, 2.05) is 61.8 Å². The van der Waals surface area contributed by atoms with Crippen LogP contribution in [0, 0.1) is 0 Å². The van der Waals surface area contributed by atoms with Crippen molar-refractivity contribution >= 4 is 0 Å².